The Hall–Kier alpha value is -2.77. The lowest BCUT2D eigenvalue weighted by molar-refractivity contribution is 0.0690. The first-order valence-corrected chi connectivity index (χ1v) is 6.81. The molecule has 0 amide bonds. The van der Waals surface area contributed by atoms with Crippen LogP contribution in [0.2, 0.25) is 0 Å². The van der Waals surface area contributed by atoms with Gasteiger partial charge in [0.1, 0.15) is 5.82 Å². The fourth-order valence-corrected chi connectivity index (χ4v) is 2.32. The maximum atomic E-state index is 12.8. The summed E-state index contributed by atoms with van der Waals surface area (Å²) < 4.78 is 12.8. The van der Waals surface area contributed by atoms with Crippen molar-refractivity contribution in [2.24, 2.45) is 0 Å². The Labute approximate surface area is 126 Å². The molecular weight excluding hydrogens is 289 g/mol. The van der Waals surface area contributed by atoms with Gasteiger partial charge in [-0.1, -0.05) is 6.07 Å². The molecule has 2 aromatic rings. The standard InChI is InChI=1S/C14H14FN5O2/c15-10-8-16-14(17-9-10)20-6-4-19(5-7-20)12-3-1-2-11(18-12)13(21)22/h1-3,8-9H,4-7H2,(H,21,22). The quantitative estimate of drug-likeness (QED) is 0.907. The van der Waals surface area contributed by atoms with Crippen molar-refractivity contribution < 1.29 is 14.3 Å². The summed E-state index contributed by atoms with van der Waals surface area (Å²) in [7, 11) is 0. The summed E-state index contributed by atoms with van der Waals surface area (Å²) >= 11 is 0. The molecule has 3 rings (SSSR count). The smallest absolute Gasteiger partial charge is 0.354 e. The SMILES string of the molecule is O=C(O)c1cccc(N2CCN(c3ncc(F)cn3)CC2)n1. The molecule has 0 unspecified atom stereocenters. The summed E-state index contributed by atoms with van der Waals surface area (Å²) in [6.45, 7) is 2.64. The maximum Gasteiger partial charge on any atom is 0.354 e. The molecular formula is C14H14FN5O2. The van der Waals surface area contributed by atoms with Crippen LogP contribution < -0.4 is 9.80 Å². The first-order chi connectivity index (χ1) is 10.6. The Kier molecular flexibility index (Phi) is 3.82. The number of pyridine rings is 1. The van der Waals surface area contributed by atoms with Crippen LogP contribution in [0.4, 0.5) is 16.2 Å². The van der Waals surface area contributed by atoms with Gasteiger partial charge in [0.05, 0.1) is 12.4 Å². The molecule has 22 heavy (non-hydrogen) atoms. The van der Waals surface area contributed by atoms with Gasteiger partial charge in [-0.3, -0.25) is 0 Å². The number of carboxylic acid groups (broad SMARTS) is 1. The van der Waals surface area contributed by atoms with E-state index < -0.39 is 11.8 Å². The van der Waals surface area contributed by atoms with Crippen LogP contribution in [0.5, 0.6) is 0 Å². The summed E-state index contributed by atoms with van der Waals surface area (Å²) in [6, 6.07) is 4.94. The predicted octanol–water partition coefficient (Wildman–Crippen LogP) is 1.04. The number of carbonyl (C=O) groups is 1. The van der Waals surface area contributed by atoms with Crippen molar-refractivity contribution in [1.82, 2.24) is 15.0 Å². The minimum atomic E-state index is -1.04. The zero-order valence-electron chi connectivity index (χ0n) is 11.7. The van der Waals surface area contributed by atoms with Crippen molar-refractivity contribution in [1.29, 1.82) is 0 Å². The maximum absolute atomic E-state index is 12.8. The molecule has 7 nitrogen and oxygen atoms in total. The number of piperazine rings is 1. The van der Waals surface area contributed by atoms with Crippen LogP contribution in [0.15, 0.2) is 30.6 Å². The van der Waals surface area contributed by atoms with E-state index in [2.05, 4.69) is 15.0 Å². The second kappa shape index (κ2) is 5.92. The molecule has 3 heterocycles. The number of rotatable bonds is 3. The van der Waals surface area contributed by atoms with E-state index in [9.17, 15) is 9.18 Å². The van der Waals surface area contributed by atoms with Crippen LogP contribution in [-0.4, -0.2) is 52.2 Å². The molecule has 0 aromatic carbocycles. The van der Waals surface area contributed by atoms with Crippen molar-refractivity contribution in [2.75, 3.05) is 36.0 Å². The molecule has 2 aromatic heterocycles. The Morgan fingerprint density at radius 3 is 2.36 bits per heavy atom. The van der Waals surface area contributed by atoms with Gasteiger partial charge in [-0.15, -0.1) is 0 Å². The van der Waals surface area contributed by atoms with E-state index in [0.717, 1.165) is 12.4 Å². The van der Waals surface area contributed by atoms with Gasteiger partial charge in [-0.25, -0.2) is 24.1 Å². The molecule has 114 valence electrons. The normalized spacial score (nSPS) is 15.0. The van der Waals surface area contributed by atoms with E-state index in [1.54, 1.807) is 12.1 Å². The summed E-state index contributed by atoms with van der Waals surface area (Å²) in [6.07, 6.45) is 2.29. The van der Waals surface area contributed by atoms with Crippen molar-refractivity contribution >= 4 is 17.7 Å². The van der Waals surface area contributed by atoms with Gasteiger partial charge in [0.25, 0.3) is 0 Å². The Bertz CT molecular complexity index is 671. The average molecular weight is 303 g/mol. The third-order valence-electron chi connectivity index (χ3n) is 3.45. The number of hydrogen-bond acceptors (Lipinski definition) is 6. The molecule has 0 spiro atoms. The Morgan fingerprint density at radius 2 is 1.73 bits per heavy atom. The third-order valence-corrected chi connectivity index (χ3v) is 3.45. The van der Waals surface area contributed by atoms with Crippen LogP contribution in [-0.2, 0) is 0 Å². The van der Waals surface area contributed by atoms with Crippen LogP contribution in [0.1, 0.15) is 10.5 Å². The lowest BCUT2D eigenvalue weighted by atomic mass is 10.3. The second-order valence-electron chi connectivity index (χ2n) is 4.86. The third kappa shape index (κ3) is 2.95. The van der Waals surface area contributed by atoms with Crippen molar-refractivity contribution in [3.8, 4) is 0 Å². The minimum absolute atomic E-state index is 0.0294. The zero-order valence-corrected chi connectivity index (χ0v) is 11.7. The highest BCUT2D eigenvalue weighted by Crippen LogP contribution is 2.16. The van der Waals surface area contributed by atoms with E-state index in [0.29, 0.717) is 37.9 Å². The zero-order chi connectivity index (χ0) is 15.5. The molecule has 1 N–H and O–H groups in total. The molecule has 1 aliphatic rings. The largest absolute Gasteiger partial charge is 0.477 e. The Morgan fingerprint density at radius 1 is 1.09 bits per heavy atom. The number of aromatic carboxylic acids is 1. The van der Waals surface area contributed by atoms with Crippen LogP contribution in [0, 0.1) is 5.82 Å². The molecule has 8 heteroatoms. The molecule has 0 aliphatic carbocycles. The summed E-state index contributed by atoms with van der Waals surface area (Å²) in [5.41, 5.74) is 0.0294. The fraction of sp³-hybridized carbons (Fsp3) is 0.286. The second-order valence-corrected chi connectivity index (χ2v) is 4.86. The summed E-state index contributed by atoms with van der Waals surface area (Å²) in [5.74, 6) is -0.370. The number of halogens is 1. The van der Waals surface area contributed by atoms with E-state index in [-0.39, 0.29) is 5.69 Å². The lowest BCUT2D eigenvalue weighted by Crippen LogP contribution is -2.47. The molecule has 1 aliphatic heterocycles. The number of nitrogens with zero attached hydrogens (tertiary/aromatic N) is 5. The van der Waals surface area contributed by atoms with Gasteiger partial charge in [0.2, 0.25) is 5.95 Å². The van der Waals surface area contributed by atoms with E-state index in [4.69, 9.17) is 5.11 Å². The highest BCUT2D eigenvalue weighted by atomic mass is 19.1. The van der Waals surface area contributed by atoms with Gasteiger partial charge in [0.15, 0.2) is 11.5 Å². The fourth-order valence-electron chi connectivity index (χ4n) is 2.32. The molecule has 1 fully saturated rings. The van der Waals surface area contributed by atoms with Gasteiger partial charge in [-0.05, 0) is 12.1 Å². The average Bonchev–Trinajstić information content (AvgIpc) is 2.56. The van der Waals surface area contributed by atoms with E-state index >= 15 is 0 Å². The van der Waals surface area contributed by atoms with Crippen LogP contribution in [0.3, 0.4) is 0 Å². The molecule has 0 saturated carbocycles. The number of hydrogen-bond donors (Lipinski definition) is 1. The lowest BCUT2D eigenvalue weighted by Gasteiger charge is -2.35. The number of aromatic nitrogens is 3. The summed E-state index contributed by atoms with van der Waals surface area (Å²) in [4.78, 5) is 27.0. The number of carboxylic acids is 1. The summed E-state index contributed by atoms with van der Waals surface area (Å²) in [5, 5.41) is 8.98. The minimum Gasteiger partial charge on any atom is -0.477 e. The van der Waals surface area contributed by atoms with E-state index in [1.165, 1.54) is 6.07 Å². The van der Waals surface area contributed by atoms with E-state index in [1.807, 2.05) is 9.80 Å². The molecule has 0 radical (unpaired) electrons. The van der Waals surface area contributed by atoms with Gasteiger partial charge >= 0.3 is 5.97 Å². The van der Waals surface area contributed by atoms with Gasteiger partial charge in [-0.2, -0.15) is 0 Å². The molecule has 0 bridgehead atoms. The highest BCUT2D eigenvalue weighted by Gasteiger charge is 2.20. The Balaban J connectivity index is 1.67. The molecule has 1 saturated heterocycles. The first kappa shape index (κ1) is 14.2. The van der Waals surface area contributed by atoms with Gasteiger partial charge < -0.3 is 14.9 Å². The first-order valence-electron chi connectivity index (χ1n) is 6.81. The van der Waals surface area contributed by atoms with Crippen molar-refractivity contribution in [3.05, 3.63) is 42.1 Å². The van der Waals surface area contributed by atoms with Gasteiger partial charge in [0, 0.05) is 26.2 Å². The van der Waals surface area contributed by atoms with Crippen LogP contribution in [0.25, 0.3) is 0 Å². The predicted molar refractivity (Wildman–Crippen MR) is 77.6 cm³/mol. The molecule has 0 atom stereocenters. The van der Waals surface area contributed by atoms with Crippen molar-refractivity contribution in [2.45, 2.75) is 0 Å². The number of anilines is 2. The topological polar surface area (TPSA) is 82.5 Å². The van der Waals surface area contributed by atoms with Crippen molar-refractivity contribution in [3.63, 3.8) is 0 Å². The monoisotopic (exact) mass is 303 g/mol. The van der Waals surface area contributed by atoms with Crippen LogP contribution >= 0.6 is 0 Å². The highest BCUT2D eigenvalue weighted by molar-refractivity contribution is 5.85.